The number of aromatic nitrogens is 2. The van der Waals surface area contributed by atoms with Gasteiger partial charge in [0, 0.05) is 18.6 Å². The normalized spacial score (nSPS) is 23.5. The van der Waals surface area contributed by atoms with E-state index in [2.05, 4.69) is 27.1 Å². The molecule has 0 radical (unpaired) electrons. The molecule has 2 aliphatic rings. The van der Waals surface area contributed by atoms with E-state index < -0.39 is 0 Å². The molecule has 1 unspecified atom stereocenters. The lowest BCUT2D eigenvalue weighted by Crippen LogP contribution is -2.40. The van der Waals surface area contributed by atoms with E-state index in [4.69, 9.17) is 5.73 Å². The molecule has 5 heteroatoms. The maximum atomic E-state index is 6.46. The summed E-state index contributed by atoms with van der Waals surface area (Å²) in [6.45, 7) is 3.31. The molecule has 1 saturated carbocycles. The minimum Gasteiger partial charge on any atom is -0.393 e. The van der Waals surface area contributed by atoms with Crippen LogP contribution < -0.4 is 16.0 Å². The summed E-state index contributed by atoms with van der Waals surface area (Å²) in [5, 5.41) is 3.60. The van der Waals surface area contributed by atoms with Crippen LogP contribution in [-0.4, -0.2) is 28.6 Å². The minimum absolute atomic E-state index is 0.505. The Labute approximate surface area is 140 Å². The van der Waals surface area contributed by atoms with Gasteiger partial charge in [0.25, 0.3) is 0 Å². The second kappa shape index (κ2) is 7.84. The van der Waals surface area contributed by atoms with Gasteiger partial charge in [0.2, 0.25) is 0 Å². The van der Waals surface area contributed by atoms with Gasteiger partial charge in [-0.25, -0.2) is 9.97 Å². The molecule has 1 atom stereocenters. The van der Waals surface area contributed by atoms with E-state index in [1.54, 1.807) is 6.33 Å². The van der Waals surface area contributed by atoms with Gasteiger partial charge in [-0.05, 0) is 38.5 Å². The van der Waals surface area contributed by atoms with Crippen molar-refractivity contribution in [2.75, 3.05) is 22.5 Å². The van der Waals surface area contributed by atoms with Gasteiger partial charge in [-0.1, -0.05) is 32.6 Å². The number of rotatable bonds is 4. The van der Waals surface area contributed by atoms with Gasteiger partial charge >= 0.3 is 0 Å². The molecule has 128 valence electrons. The molecule has 2 heterocycles. The highest BCUT2D eigenvalue weighted by Crippen LogP contribution is 2.33. The fourth-order valence-corrected chi connectivity index (χ4v) is 4.05. The van der Waals surface area contributed by atoms with Crippen LogP contribution in [0.2, 0.25) is 0 Å². The van der Waals surface area contributed by atoms with Crippen molar-refractivity contribution in [2.45, 2.75) is 83.2 Å². The molecule has 0 spiro atoms. The molecule has 0 amide bonds. The first-order chi connectivity index (χ1) is 11.3. The largest absolute Gasteiger partial charge is 0.393 e. The third kappa shape index (κ3) is 3.88. The Hall–Kier alpha value is -1.52. The van der Waals surface area contributed by atoms with Crippen LogP contribution in [0.25, 0.3) is 0 Å². The lowest BCUT2D eigenvalue weighted by molar-refractivity contribution is 0.447. The quantitative estimate of drug-likeness (QED) is 0.823. The SMILES string of the molecule is CCC1CCCCN1c1ncnc(NC2CCCCCC2)c1N. The molecule has 0 bridgehead atoms. The van der Waals surface area contributed by atoms with E-state index in [1.165, 1.54) is 57.8 Å². The molecule has 2 fully saturated rings. The molecule has 1 aliphatic carbocycles. The van der Waals surface area contributed by atoms with Crippen LogP contribution in [0.4, 0.5) is 17.3 Å². The number of nitrogens with zero attached hydrogens (tertiary/aromatic N) is 3. The molecule has 1 aromatic heterocycles. The van der Waals surface area contributed by atoms with Crippen molar-refractivity contribution < 1.29 is 0 Å². The van der Waals surface area contributed by atoms with Crippen molar-refractivity contribution in [3.63, 3.8) is 0 Å². The fourth-order valence-electron chi connectivity index (χ4n) is 4.05. The van der Waals surface area contributed by atoms with Crippen LogP contribution in [0.5, 0.6) is 0 Å². The second-order valence-electron chi connectivity index (χ2n) is 7.04. The van der Waals surface area contributed by atoms with Gasteiger partial charge in [0.15, 0.2) is 11.6 Å². The van der Waals surface area contributed by atoms with Gasteiger partial charge in [0.05, 0.1) is 0 Å². The summed E-state index contributed by atoms with van der Waals surface area (Å²) >= 11 is 0. The summed E-state index contributed by atoms with van der Waals surface area (Å²) in [5.74, 6) is 1.77. The highest BCUT2D eigenvalue weighted by molar-refractivity contribution is 5.75. The summed E-state index contributed by atoms with van der Waals surface area (Å²) in [4.78, 5) is 11.4. The van der Waals surface area contributed by atoms with E-state index >= 15 is 0 Å². The van der Waals surface area contributed by atoms with E-state index in [9.17, 15) is 0 Å². The molecule has 5 nitrogen and oxygen atoms in total. The number of hydrogen-bond donors (Lipinski definition) is 2. The Morgan fingerprint density at radius 1 is 1.09 bits per heavy atom. The van der Waals surface area contributed by atoms with Gasteiger partial charge in [-0.2, -0.15) is 0 Å². The number of anilines is 3. The van der Waals surface area contributed by atoms with Crippen LogP contribution in [0, 0.1) is 0 Å². The first-order valence-corrected chi connectivity index (χ1v) is 9.43. The van der Waals surface area contributed by atoms with E-state index in [0.717, 1.165) is 30.3 Å². The number of hydrogen-bond acceptors (Lipinski definition) is 5. The summed E-state index contributed by atoms with van der Waals surface area (Å²) in [5.41, 5.74) is 7.19. The van der Waals surface area contributed by atoms with Gasteiger partial charge in [-0.3, -0.25) is 0 Å². The summed E-state index contributed by atoms with van der Waals surface area (Å²) < 4.78 is 0. The minimum atomic E-state index is 0.505. The Kier molecular flexibility index (Phi) is 5.57. The van der Waals surface area contributed by atoms with Crippen LogP contribution in [-0.2, 0) is 0 Å². The molecule has 3 N–H and O–H groups in total. The zero-order valence-electron chi connectivity index (χ0n) is 14.4. The fraction of sp³-hybridized carbons (Fsp3) is 0.778. The number of nitrogens with one attached hydrogen (secondary N) is 1. The highest BCUT2D eigenvalue weighted by atomic mass is 15.2. The Bertz CT molecular complexity index is 496. The van der Waals surface area contributed by atoms with Crippen molar-refractivity contribution in [2.24, 2.45) is 0 Å². The Morgan fingerprint density at radius 2 is 1.83 bits per heavy atom. The first-order valence-electron chi connectivity index (χ1n) is 9.43. The molecular formula is C18H31N5. The van der Waals surface area contributed by atoms with E-state index in [0.29, 0.717) is 12.1 Å². The zero-order valence-corrected chi connectivity index (χ0v) is 14.4. The summed E-state index contributed by atoms with van der Waals surface area (Å²) in [7, 11) is 0. The van der Waals surface area contributed by atoms with Gasteiger partial charge < -0.3 is 16.0 Å². The van der Waals surface area contributed by atoms with Crippen molar-refractivity contribution >= 4 is 17.3 Å². The Morgan fingerprint density at radius 3 is 2.57 bits per heavy atom. The lowest BCUT2D eigenvalue weighted by Gasteiger charge is -2.37. The maximum Gasteiger partial charge on any atom is 0.157 e. The van der Waals surface area contributed by atoms with Crippen LogP contribution in [0.1, 0.15) is 71.1 Å². The zero-order chi connectivity index (χ0) is 16.1. The molecule has 23 heavy (non-hydrogen) atoms. The summed E-state index contributed by atoms with van der Waals surface area (Å²) in [6.07, 6.45) is 14.4. The van der Waals surface area contributed by atoms with Crippen LogP contribution >= 0.6 is 0 Å². The predicted molar refractivity (Wildman–Crippen MR) is 96.8 cm³/mol. The molecule has 3 rings (SSSR count). The average Bonchev–Trinajstić information content (AvgIpc) is 2.85. The van der Waals surface area contributed by atoms with Crippen LogP contribution in [0.3, 0.4) is 0 Å². The average molecular weight is 317 g/mol. The predicted octanol–water partition coefficient (Wildman–Crippen LogP) is 3.96. The highest BCUT2D eigenvalue weighted by Gasteiger charge is 2.25. The lowest BCUT2D eigenvalue weighted by atomic mass is 10.00. The van der Waals surface area contributed by atoms with Crippen molar-refractivity contribution in [1.82, 2.24) is 9.97 Å². The third-order valence-electron chi connectivity index (χ3n) is 5.43. The Balaban J connectivity index is 1.77. The van der Waals surface area contributed by atoms with Crippen LogP contribution in [0.15, 0.2) is 6.33 Å². The number of piperidine rings is 1. The molecule has 1 saturated heterocycles. The van der Waals surface area contributed by atoms with Crippen molar-refractivity contribution in [3.8, 4) is 0 Å². The molecule has 1 aromatic rings. The maximum absolute atomic E-state index is 6.46. The monoisotopic (exact) mass is 317 g/mol. The topological polar surface area (TPSA) is 67.1 Å². The van der Waals surface area contributed by atoms with E-state index in [1.807, 2.05) is 0 Å². The standard InChI is InChI=1S/C18H31N5/c1-2-15-11-7-8-12-23(15)18-16(19)17(20-13-21-18)22-14-9-5-3-4-6-10-14/h13-15H,2-12,19H2,1H3,(H,20,21,22). The van der Waals surface area contributed by atoms with Gasteiger partial charge in [0.1, 0.15) is 12.0 Å². The molecular weight excluding hydrogens is 286 g/mol. The van der Waals surface area contributed by atoms with Crippen molar-refractivity contribution in [3.05, 3.63) is 6.33 Å². The second-order valence-corrected chi connectivity index (χ2v) is 7.04. The number of nitrogens with two attached hydrogens (primary N) is 1. The number of nitrogen functional groups attached to an aromatic ring is 1. The third-order valence-corrected chi connectivity index (χ3v) is 5.43. The van der Waals surface area contributed by atoms with E-state index in [-0.39, 0.29) is 0 Å². The van der Waals surface area contributed by atoms with Crippen molar-refractivity contribution in [1.29, 1.82) is 0 Å². The first kappa shape index (κ1) is 16.3. The molecule has 1 aliphatic heterocycles. The smallest absolute Gasteiger partial charge is 0.157 e. The molecule has 0 aromatic carbocycles. The summed E-state index contributed by atoms with van der Waals surface area (Å²) in [6, 6.07) is 1.07. The van der Waals surface area contributed by atoms with Gasteiger partial charge in [-0.15, -0.1) is 0 Å².